The second-order valence-corrected chi connectivity index (χ2v) is 5.14. The first-order chi connectivity index (χ1) is 8.33. The molecule has 1 aromatic carbocycles. The Morgan fingerprint density at radius 1 is 1.44 bits per heavy atom. The molecule has 0 aliphatic carbocycles. The lowest BCUT2D eigenvalue weighted by Crippen LogP contribution is -2.23. The molecule has 0 radical (unpaired) electrons. The van der Waals surface area contributed by atoms with Gasteiger partial charge in [0.15, 0.2) is 5.13 Å². The molecule has 0 bridgehead atoms. The zero-order valence-electron chi connectivity index (χ0n) is 9.58. The van der Waals surface area contributed by atoms with E-state index in [0.29, 0.717) is 10.8 Å². The molecule has 1 atom stereocenters. The number of benzene rings is 1. The Hall–Kier alpha value is -1.50. The van der Waals surface area contributed by atoms with Crippen LogP contribution in [0, 0.1) is 0 Å². The highest BCUT2D eigenvalue weighted by Crippen LogP contribution is 2.29. The van der Waals surface area contributed by atoms with E-state index in [-0.39, 0.29) is 0 Å². The van der Waals surface area contributed by atoms with Crippen molar-refractivity contribution in [3.05, 3.63) is 18.2 Å². The van der Waals surface area contributed by atoms with Crippen LogP contribution in [0.15, 0.2) is 18.2 Å². The maximum atomic E-state index is 12.2. The van der Waals surface area contributed by atoms with Gasteiger partial charge in [0.2, 0.25) is 0 Å². The van der Waals surface area contributed by atoms with Gasteiger partial charge < -0.3 is 11.1 Å². The normalized spacial score (nSPS) is 13.8. The van der Waals surface area contributed by atoms with Gasteiger partial charge in [-0.2, -0.15) is 13.2 Å². The van der Waals surface area contributed by atoms with Gasteiger partial charge in [-0.1, -0.05) is 11.3 Å². The minimum Gasteiger partial charge on any atom is -0.399 e. The number of fused-ring (bicyclic) bond motifs is 1. The molecule has 0 fully saturated rings. The van der Waals surface area contributed by atoms with Crippen LogP contribution in [0.1, 0.15) is 13.3 Å². The average Bonchev–Trinajstić information content (AvgIpc) is 2.55. The van der Waals surface area contributed by atoms with Crippen molar-refractivity contribution in [1.29, 1.82) is 0 Å². The van der Waals surface area contributed by atoms with Gasteiger partial charge >= 0.3 is 6.18 Å². The number of hydrogen-bond donors (Lipinski definition) is 2. The molecule has 0 spiro atoms. The Kier molecular flexibility index (Phi) is 3.34. The quantitative estimate of drug-likeness (QED) is 0.841. The monoisotopic (exact) mass is 275 g/mol. The molecule has 2 aromatic rings. The van der Waals surface area contributed by atoms with Crippen molar-refractivity contribution in [2.75, 3.05) is 11.1 Å². The predicted octanol–water partition coefficient (Wildman–Crippen LogP) is 3.63. The highest BCUT2D eigenvalue weighted by Gasteiger charge is 2.30. The van der Waals surface area contributed by atoms with Crippen LogP contribution in [0.3, 0.4) is 0 Å². The number of alkyl halides is 3. The van der Waals surface area contributed by atoms with Crippen LogP contribution in [0.5, 0.6) is 0 Å². The summed E-state index contributed by atoms with van der Waals surface area (Å²) in [7, 11) is 0. The molecule has 3 nitrogen and oxygen atoms in total. The van der Waals surface area contributed by atoms with Crippen molar-refractivity contribution in [3.63, 3.8) is 0 Å². The maximum absolute atomic E-state index is 12.2. The van der Waals surface area contributed by atoms with E-state index in [4.69, 9.17) is 5.73 Å². The number of nitrogens with one attached hydrogen (secondary N) is 1. The highest BCUT2D eigenvalue weighted by atomic mass is 32.1. The minimum atomic E-state index is -4.17. The van der Waals surface area contributed by atoms with Crippen molar-refractivity contribution < 1.29 is 13.2 Å². The van der Waals surface area contributed by atoms with Crippen LogP contribution in [0.4, 0.5) is 24.0 Å². The largest absolute Gasteiger partial charge is 0.399 e. The van der Waals surface area contributed by atoms with Gasteiger partial charge in [0.1, 0.15) is 0 Å². The standard InChI is InChI=1S/C11H12F3N3S/c1-6(5-11(12,13)14)16-10-17-8-3-2-7(15)4-9(8)18-10/h2-4,6H,5,15H2,1H3,(H,16,17). The third kappa shape index (κ3) is 3.25. The Balaban J connectivity index is 2.12. The lowest BCUT2D eigenvalue weighted by Gasteiger charge is -2.14. The summed E-state index contributed by atoms with van der Waals surface area (Å²) in [6.07, 6.45) is -5.06. The zero-order chi connectivity index (χ0) is 13.3. The van der Waals surface area contributed by atoms with Crippen LogP contribution in [0.25, 0.3) is 10.2 Å². The predicted molar refractivity (Wildman–Crippen MR) is 67.8 cm³/mol. The molecule has 1 heterocycles. The topological polar surface area (TPSA) is 50.9 Å². The van der Waals surface area contributed by atoms with Crippen LogP contribution >= 0.6 is 11.3 Å². The molecule has 7 heteroatoms. The maximum Gasteiger partial charge on any atom is 0.391 e. The molecule has 18 heavy (non-hydrogen) atoms. The molecular weight excluding hydrogens is 263 g/mol. The molecule has 0 saturated heterocycles. The van der Waals surface area contributed by atoms with E-state index in [0.717, 1.165) is 10.2 Å². The summed E-state index contributed by atoms with van der Waals surface area (Å²) >= 11 is 1.30. The first-order valence-electron chi connectivity index (χ1n) is 5.33. The summed E-state index contributed by atoms with van der Waals surface area (Å²) in [6, 6.07) is 4.51. The van der Waals surface area contributed by atoms with Crippen molar-refractivity contribution in [2.45, 2.75) is 25.6 Å². The minimum absolute atomic E-state index is 0.479. The van der Waals surface area contributed by atoms with E-state index in [9.17, 15) is 13.2 Å². The Bertz CT molecular complexity index is 550. The van der Waals surface area contributed by atoms with E-state index in [1.54, 1.807) is 18.2 Å². The fourth-order valence-corrected chi connectivity index (χ4v) is 2.64. The van der Waals surface area contributed by atoms with E-state index in [2.05, 4.69) is 10.3 Å². The van der Waals surface area contributed by atoms with Crippen LogP contribution in [-0.2, 0) is 0 Å². The third-order valence-electron chi connectivity index (χ3n) is 2.32. The van der Waals surface area contributed by atoms with Crippen molar-refractivity contribution in [2.24, 2.45) is 0 Å². The van der Waals surface area contributed by atoms with Gasteiger partial charge in [0.25, 0.3) is 0 Å². The summed E-state index contributed by atoms with van der Waals surface area (Å²) in [5, 5.41) is 3.23. The number of rotatable bonds is 3. The van der Waals surface area contributed by atoms with Crippen LogP contribution in [-0.4, -0.2) is 17.2 Å². The zero-order valence-corrected chi connectivity index (χ0v) is 10.4. The number of nitrogens with zero attached hydrogens (tertiary/aromatic N) is 1. The van der Waals surface area contributed by atoms with Crippen LogP contribution < -0.4 is 11.1 Å². The molecule has 0 amide bonds. The van der Waals surface area contributed by atoms with E-state index < -0.39 is 18.6 Å². The van der Waals surface area contributed by atoms with Gasteiger partial charge in [0.05, 0.1) is 16.6 Å². The highest BCUT2D eigenvalue weighted by molar-refractivity contribution is 7.22. The number of aromatic nitrogens is 1. The second-order valence-electron chi connectivity index (χ2n) is 4.11. The summed E-state index contributed by atoms with van der Waals surface area (Å²) in [6.45, 7) is 1.48. The average molecular weight is 275 g/mol. The molecule has 0 aliphatic heterocycles. The summed E-state index contributed by atoms with van der Waals surface area (Å²) in [4.78, 5) is 4.21. The second kappa shape index (κ2) is 4.64. The number of hydrogen-bond acceptors (Lipinski definition) is 4. The molecule has 0 saturated carbocycles. The fraction of sp³-hybridized carbons (Fsp3) is 0.364. The number of halogens is 3. The molecular formula is C11H12F3N3S. The molecule has 98 valence electrons. The van der Waals surface area contributed by atoms with Crippen molar-refractivity contribution in [3.8, 4) is 0 Å². The van der Waals surface area contributed by atoms with Crippen molar-refractivity contribution >= 4 is 32.4 Å². The van der Waals surface area contributed by atoms with Crippen LogP contribution in [0.2, 0.25) is 0 Å². The number of thiazole rings is 1. The van der Waals surface area contributed by atoms with Gasteiger partial charge in [-0.25, -0.2) is 4.98 Å². The molecule has 1 aromatic heterocycles. The molecule has 2 rings (SSSR count). The fourth-order valence-electron chi connectivity index (χ4n) is 1.61. The van der Waals surface area contributed by atoms with Crippen molar-refractivity contribution in [1.82, 2.24) is 4.98 Å². The van der Waals surface area contributed by atoms with Gasteiger partial charge in [-0.15, -0.1) is 0 Å². The Labute approximate surface area is 106 Å². The Morgan fingerprint density at radius 2 is 2.17 bits per heavy atom. The number of nitrogen functional groups attached to an aromatic ring is 1. The molecule has 1 unspecified atom stereocenters. The molecule has 0 aliphatic rings. The summed E-state index contributed by atoms with van der Waals surface area (Å²) in [5.41, 5.74) is 6.97. The first-order valence-corrected chi connectivity index (χ1v) is 6.14. The first kappa shape index (κ1) is 12.9. The lowest BCUT2D eigenvalue weighted by molar-refractivity contribution is -0.136. The molecule has 3 N–H and O–H groups in total. The third-order valence-corrected chi connectivity index (χ3v) is 3.27. The number of nitrogens with two attached hydrogens (primary N) is 1. The van der Waals surface area contributed by atoms with Gasteiger partial charge in [0, 0.05) is 11.7 Å². The van der Waals surface area contributed by atoms with E-state index in [1.165, 1.54) is 18.3 Å². The summed E-state index contributed by atoms with van der Waals surface area (Å²) < 4.78 is 37.4. The van der Waals surface area contributed by atoms with E-state index >= 15 is 0 Å². The van der Waals surface area contributed by atoms with Gasteiger partial charge in [-0.3, -0.25) is 0 Å². The lowest BCUT2D eigenvalue weighted by atomic mass is 10.2. The van der Waals surface area contributed by atoms with E-state index in [1.807, 2.05) is 0 Å². The Morgan fingerprint density at radius 3 is 2.83 bits per heavy atom. The number of anilines is 2. The SMILES string of the molecule is CC(CC(F)(F)F)Nc1nc2ccc(N)cc2s1. The van der Waals surface area contributed by atoms with Gasteiger partial charge in [-0.05, 0) is 25.1 Å². The summed E-state index contributed by atoms with van der Waals surface area (Å²) in [5.74, 6) is 0. The smallest absolute Gasteiger partial charge is 0.391 e.